The van der Waals surface area contributed by atoms with Gasteiger partial charge in [-0.15, -0.1) is 0 Å². The molecule has 118 valence electrons. The molecular formula is C19H17FO3. The van der Waals surface area contributed by atoms with Crippen LogP contribution >= 0.6 is 0 Å². The van der Waals surface area contributed by atoms with Gasteiger partial charge < -0.3 is 9.15 Å². The lowest BCUT2D eigenvalue weighted by Crippen LogP contribution is -2.02. The lowest BCUT2D eigenvalue weighted by molar-refractivity contribution is 0.0603. The summed E-state index contributed by atoms with van der Waals surface area (Å²) in [7, 11) is 1.34. The zero-order chi connectivity index (χ0) is 16.6. The van der Waals surface area contributed by atoms with Crippen LogP contribution in [0, 0.1) is 5.82 Å². The maximum atomic E-state index is 13.2. The summed E-state index contributed by atoms with van der Waals surface area (Å²) < 4.78 is 23.9. The van der Waals surface area contributed by atoms with Crippen molar-refractivity contribution in [2.45, 2.75) is 19.8 Å². The zero-order valence-corrected chi connectivity index (χ0v) is 13.2. The molecule has 0 radical (unpaired) electrons. The van der Waals surface area contributed by atoms with Crippen molar-refractivity contribution in [1.82, 2.24) is 0 Å². The molecule has 1 heterocycles. The van der Waals surface area contributed by atoms with E-state index in [-0.39, 0.29) is 5.82 Å². The first kappa shape index (κ1) is 15.3. The van der Waals surface area contributed by atoms with Crippen LogP contribution in [0.4, 0.5) is 4.39 Å². The summed E-state index contributed by atoms with van der Waals surface area (Å²) in [4.78, 5) is 12.3. The first-order chi connectivity index (χ1) is 11.0. The Morgan fingerprint density at radius 3 is 2.43 bits per heavy atom. The molecule has 0 aliphatic carbocycles. The van der Waals surface area contributed by atoms with Gasteiger partial charge in [0.2, 0.25) is 0 Å². The first-order valence-electron chi connectivity index (χ1n) is 7.42. The normalized spacial score (nSPS) is 11.2. The summed E-state index contributed by atoms with van der Waals surface area (Å²) in [6.07, 6.45) is 0. The monoisotopic (exact) mass is 312 g/mol. The van der Waals surface area contributed by atoms with E-state index in [1.54, 1.807) is 12.1 Å². The Labute approximate surface area is 133 Å². The molecule has 0 aliphatic rings. The Hall–Kier alpha value is -2.62. The van der Waals surface area contributed by atoms with E-state index in [1.807, 2.05) is 18.2 Å². The van der Waals surface area contributed by atoms with Crippen molar-refractivity contribution < 1.29 is 18.3 Å². The highest BCUT2D eigenvalue weighted by Gasteiger charge is 2.23. The standard InChI is InChI=1S/C19H17FO3/c1-11(2)13-6-9-16-15(10-13)17(19(21)22-3)18(23-16)12-4-7-14(20)8-5-12/h4-11H,1-3H3. The van der Waals surface area contributed by atoms with Crippen LogP contribution in [-0.2, 0) is 4.74 Å². The predicted octanol–water partition coefficient (Wildman–Crippen LogP) is 5.15. The molecule has 0 saturated heterocycles. The first-order valence-corrected chi connectivity index (χ1v) is 7.42. The Kier molecular flexibility index (Phi) is 3.90. The van der Waals surface area contributed by atoms with Crippen molar-refractivity contribution in [3.05, 3.63) is 59.4 Å². The van der Waals surface area contributed by atoms with Crippen molar-refractivity contribution >= 4 is 16.9 Å². The number of benzene rings is 2. The van der Waals surface area contributed by atoms with E-state index in [1.165, 1.54) is 19.2 Å². The topological polar surface area (TPSA) is 39.4 Å². The minimum atomic E-state index is -0.469. The molecule has 23 heavy (non-hydrogen) atoms. The van der Waals surface area contributed by atoms with Gasteiger partial charge in [-0.2, -0.15) is 0 Å². The summed E-state index contributed by atoms with van der Waals surface area (Å²) in [5.74, 6) is -0.0858. The third-order valence-electron chi connectivity index (χ3n) is 3.87. The Bertz CT molecular complexity index is 860. The molecule has 0 atom stereocenters. The molecule has 3 aromatic rings. The average Bonchev–Trinajstić information content (AvgIpc) is 2.93. The minimum absolute atomic E-state index is 0.328. The number of fused-ring (bicyclic) bond motifs is 1. The molecule has 4 heteroatoms. The van der Waals surface area contributed by atoms with E-state index in [4.69, 9.17) is 9.15 Å². The lowest BCUT2D eigenvalue weighted by atomic mass is 9.99. The van der Waals surface area contributed by atoms with E-state index in [0.29, 0.717) is 33.8 Å². The molecule has 0 N–H and O–H groups in total. The maximum Gasteiger partial charge on any atom is 0.342 e. The second-order valence-corrected chi connectivity index (χ2v) is 5.71. The molecule has 0 unspecified atom stereocenters. The van der Waals surface area contributed by atoms with Gasteiger partial charge in [0.05, 0.1) is 7.11 Å². The predicted molar refractivity (Wildman–Crippen MR) is 87.0 cm³/mol. The van der Waals surface area contributed by atoms with Crippen LogP contribution in [0.15, 0.2) is 46.9 Å². The number of rotatable bonds is 3. The number of hydrogen-bond acceptors (Lipinski definition) is 3. The number of esters is 1. The number of carbonyl (C=O) groups is 1. The third-order valence-corrected chi connectivity index (χ3v) is 3.87. The van der Waals surface area contributed by atoms with Crippen molar-refractivity contribution in [2.24, 2.45) is 0 Å². The Balaban J connectivity index is 2.28. The van der Waals surface area contributed by atoms with Crippen molar-refractivity contribution in [2.75, 3.05) is 7.11 Å². The largest absolute Gasteiger partial charge is 0.465 e. The number of hydrogen-bond donors (Lipinski definition) is 0. The molecule has 3 nitrogen and oxygen atoms in total. The fourth-order valence-corrected chi connectivity index (χ4v) is 2.58. The molecule has 0 spiro atoms. The molecular weight excluding hydrogens is 295 g/mol. The summed E-state index contributed by atoms with van der Waals surface area (Å²) in [5.41, 5.74) is 2.72. The second kappa shape index (κ2) is 5.88. The summed E-state index contributed by atoms with van der Waals surface area (Å²) in [6.45, 7) is 4.17. The highest BCUT2D eigenvalue weighted by atomic mass is 19.1. The lowest BCUT2D eigenvalue weighted by Gasteiger charge is -2.05. The second-order valence-electron chi connectivity index (χ2n) is 5.71. The van der Waals surface area contributed by atoms with E-state index >= 15 is 0 Å². The van der Waals surface area contributed by atoms with Gasteiger partial charge in [-0.05, 0) is 47.9 Å². The third kappa shape index (κ3) is 2.72. The summed E-state index contributed by atoms with van der Waals surface area (Å²) in [5, 5.41) is 0.711. The van der Waals surface area contributed by atoms with Crippen LogP contribution in [0.2, 0.25) is 0 Å². The van der Waals surface area contributed by atoms with Gasteiger partial charge in [0.1, 0.15) is 22.7 Å². The van der Waals surface area contributed by atoms with E-state index in [2.05, 4.69) is 13.8 Å². The van der Waals surface area contributed by atoms with Gasteiger partial charge in [-0.3, -0.25) is 0 Å². The van der Waals surface area contributed by atoms with E-state index < -0.39 is 5.97 Å². The minimum Gasteiger partial charge on any atom is -0.465 e. The molecule has 0 fully saturated rings. The fourth-order valence-electron chi connectivity index (χ4n) is 2.58. The van der Waals surface area contributed by atoms with Crippen LogP contribution in [0.5, 0.6) is 0 Å². The number of methoxy groups -OCH3 is 1. The fraction of sp³-hybridized carbons (Fsp3) is 0.211. The molecule has 0 bridgehead atoms. The van der Waals surface area contributed by atoms with Gasteiger partial charge in [-0.25, -0.2) is 9.18 Å². The molecule has 1 aromatic heterocycles. The van der Waals surface area contributed by atoms with E-state index in [9.17, 15) is 9.18 Å². The highest BCUT2D eigenvalue weighted by molar-refractivity contribution is 6.08. The van der Waals surface area contributed by atoms with Gasteiger partial charge >= 0.3 is 5.97 Å². The van der Waals surface area contributed by atoms with Crippen molar-refractivity contribution in [1.29, 1.82) is 0 Å². The van der Waals surface area contributed by atoms with Gasteiger partial charge in [0, 0.05) is 10.9 Å². The Morgan fingerprint density at radius 2 is 1.83 bits per heavy atom. The molecule has 0 saturated carbocycles. The van der Waals surface area contributed by atoms with Crippen LogP contribution in [0.25, 0.3) is 22.3 Å². The number of ether oxygens (including phenoxy) is 1. The van der Waals surface area contributed by atoms with Crippen LogP contribution < -0.4 is 0 Å². The average molecular weight is 312 g/mol. The Morgan fingerprint density at radius 1 is 1.13 bits per heavy atom. The number of halogens is 1. The zero-order valence-electron chi connectivity index (χ0n) is 13.2. The number of carbonyl (C=O) groups excluding carboxylic acids is 1. The van der Waals surface area contributed by atoms with Gasteiger partial charge in [-0.1, -0.05) is 19.9 Å². The van der Waals surface area contributed by atoms with Gasteiger partial charge in [0.15, 0.2) is 0 Å². The maximum absolute atomic E-state index is 13.2. The van der Waals surface area contributed by atoms with Crippen LogP contribution in [0.3, 0.4) is 0 Å². The molecule has 0 aliphatic heterocycles. The van der Waals surface area contributed by atoms with Crippen molar-refractivity contribution in [3.63, 3.8) is 0 Å². The number of furan rings is 1. The quantitative estimate of drug-likeness (QED) is 0.628. The summed E-state index contributed by atoms with van der Waals surface area (Å²) >= 11 is 0. The molecule has 2 aromatic carbocycles. The van der Waals surface area contributed by atoms with Gasteiger partial charge in [0.25, 0.3) is 0 Å². The van der Waals surface area contributed by atoms with Crippen molar-refractivity contribution in [3.8, 4) is 11.3 Å². The van der Waals surface area contributed by atoms with E-state index in [0.717, 1.165) is 5.56 Å². The molecule has 0 amide bonds. The highest BCUT2D eigenvalue weighted by Crippen LogP contribution is 2.35. The smallest absolute Gasteiger partial charge is 0.342 e. The van der Waals surface area contributed by atoms with Crippen LogP contribution in [-0.4, -0.2) is 13.1 Å². The summed E-state index contributed by atoms with van der Waals surface area (Å²) in [6, 6.07) is 11.6. The van der Waals surface area contributed by atoms with Crippen LogP contribution in [0.1, 0.15) is 35.7 Å². The molecule has 3 rings (SSSR count). The SMILES string of the molecule is COC(=O)c1c(-c2ccc(F)cc2)oc2ccc(C(C)C)cc12.